The molecule has 15 heteroatoms. The minimum Gasteiger partial charge on any atom is -0.753 e. The molecule has 0 bridgehead atoms. The molecule has 0 atom stereocenters. The van der Waals surface area contributed by atoms with E-state index < -0.39 is 11.9 Å². The van der Waals surface area contributed by atoms with Gasteiger partial charge in [0.15, 0.2) is 0 Å². The van der Waals surface area contributed by atoms with Crippen LogP contribution in [-0.2, 0) is 24.3 Å². The number of nitrogens with zero attached hydrogens (tertiary/aromatic N) is 6. The molecule has 4 rings (SSSR count). The SMILES string of the molecule is Cc1ccnc(-c2cc(C(=O)O)ccn2)c1.O=COc1ccnc(-c2cc(C(=O)O)ccn2)c1.[N-]=C=S.[N-]=C=S.[Ru+2]. The average Bonchev–Trinajstić information content (AvgIpc) is 2.95. The van der Waals surface area contributed by atoms with Crippen molar-refractivity contribution in [1.29, 1.82) is 0 Å². The Morgan fingerprint density at radius 3 is 1.51 bits per heavy atom. The van der Waals surface area contributed by atoms with E-state index in [1.807, 2.05) is 19.1 Å². The molecule has 0 aliphatic rings. The number of carboxylic acids is 2. The zero-order valence-electron chi connectivity index (χ0n) is 20.9. The Bertz CT molecular complexity index is 1530. The van der Waals surface area contributed by atoms with Gasteiger partial charge in [-0.1, -0.05) is 24.4 Å². The molecule has 12 nitrogen and oxygen atoms in total. The van der Waals surface area contributed by atoms with Gasteiger partial charge in [-0.2, -0.15) is 10.3 Å². The molecule has 0 amide bonds. The van der Waals surface area contributed by atoms with Crippen molar-refractivity contribution in [2.75, 3.05) is 0 Å². The third-order valence-corrected chi connectivity index (χ3v) is 4.37. The first-order valence-corrected chi connectivity index (χ1v) is 11.4. The van der Waals surface area contributed by atoms with Gasteiger partial charge in [0.05, 0.1) is 33.9 Å². The molecule has 0 fully saturated rings. The Balaban J connectivity index is 0.000000645. The molecule has 0 spiro atoms. The second-order valence-electron chi connectivity index (χ2n) is 6.96. The fourth-order valence-electron chi connectivity index (χ4n) is 2.76. The van der Waals surface area contributed by atoms with Crippen LogP contribution in [0.5, 0.6) is 5.75 Å². The van der Waals surface area contributed by atoms with Crippen LogP contribution in [0.2, 0.25) is 0 Å². The summed E-state index contributed by atoms with van der Waals surface area (Å²) < 4.78 is 4.68. The summed E-state index contributed by atoms with van der Waals surface area (Å²) in [6, 6.07) is 12.5. The van der Waals surface area contributed by atoms with Gasteiger partial charge in [-0.25, -0.2) is 9.59 Å². The average molecular weight is 676 g/mol. The fourth-order valence-corrected chi connectivity index (χ4v) is 2.76. The molecule has 4 heterocycles. The van der Waals surface area contributed by atoms with E-state index >= 15 is 0 Å². The summed E-state index contributed by atoms with van der Waals surface area (Å²) in [7, 11) is 0. The van der Waals surface area contributed by atoms with E-state index in [4.69, 9.17) is 21.0 Å². The predicted molar refractivity (Wildman–Crippen MR) is 152 cm³/mol. The van der Waals surface area contributed by atoms with E-state index in [1.54, 1.807) is 6.20 Å². The number of pyridine rings is 4. The van der Waals surface area contributed by atoms with Crippen molar-refractivity contribution >= 4 is 53.2 Å². The first-order chi connectivity index (χ1) is 19.2. The summed E-state index contributed by atoms with van der Waals surface area (Å²) in [5, 5.41) is 34.7. The molecular weight excluding hydrogens is 658 g/mol. The smallest absolute Gasteiger partial charge is 0.753 e. The van der Waals surface area contributed by atoms with Crippen molar-refractivity contribution < 1.29 is 48.8 Å². The second kappa shape index (κ2) is 20.2. The van der Waals surface area contributed by atoms with Crippen molar-refractivity contribution in [1.82, 2.24) is 19.9 Å². The van der Waals surface area contributed by atoms with Gasteiger partial charge in [0.25, 0.3) is 6.47 Å². The van der Waals surface area contributed by atoms with E-state index in [9.17, 15) is 14.4 Å². The largest absolute Gasteiger partial charge is 2.00 e. The number of hydrogen-bond acceptors (Lipinski definition) is 10. The van der Waals surface area contributed by atoms with Gasteiger partial charge >= 0.3 is 31.4 Å². The van der Waals surface area contributed by atoms with Crippen LogP contribution in [0.25, 0.3) is 33.6 Å². The number of hydrogen-bond donors (Lipinski definition) is 2. The van der Waals surface area contributed by atoms with Gasteiger partial charge in [-0.05, 0) is 55.0 Å². The summed E-state index contributed by atoms with van der Waals surface area (Å²) in [6.07, 6.45) is 5.99. The zero-order chi connectivity index (χ0) is 29.9. The molecule has 0 aliphatic heterocycles. The minimum atomic E-state index is -1.04. The van der Waals surface area contributed by atoms with Gasteiger partial charge < -0.3 is 25.8 Å². The van der Waals surface area contributed by atoms with Gasteiger partial charge in [-0.3, -0.25) is 24.7 Å². The van der Waals surface area contributed by atoms with E-state index in [0.29, 0.717) is 35.0 Å². The Kier molecular flexibility index (Phi) is 17.8. The number of isothiocyanates is 2. The van der Waals surface area contributed by atoms with Crippen molar-refractivity contribution in [2.45, 2.75) is 6.92 Å². The van der Waals surface area contributed by atoms with Crippen LogP contribution in [0, 0.1) is 6.92 Å². The normalized spacial score (nSPS) is 8.61. The van der Waals surface area contributed by atoms with Crippen LogP contribution < -0.4 is 4.74 Å². The summed E-state index contributed by atoms with van der Waals surface area (Å²) in [5.41, 5.74) is 3.47. The monoisotopic (exact) mass is 676 g/mol. The number of carbonyl (C=O) groups is 3. The summed E-state index contributed by atoms with van der Waals surface area (Å²) in [6.45, 7) is 2.26. The third kappa shape index (κ3) is 13.2. The van der Waals surface area contributed by atoms with E-state index in [-0.39, 0.29) is 30.6 Å². The predicted octanol–water partition coefficient (Wildman–Crippen LogP) is 4.84. The fraction of sp³-hybridized carbons (Fsp3) is 0.0385. The van der Waals surface area contributed by atoms with Gasteiger partial charge in [-0.15, -0.1) is 0 Å². The Morgan fingerprint density at radius 1 is 0.756 bits per heavy atom. The van der Waals surface area contributed by atoms with Crippen molar-refractivity contribution in [3.05, 3.63) is 101 Å². The molecule has 208 valence electrons. The molecule has 4 aromatic rings. The van der Waals surface area contributed by atoms with Crippen LogP contribution in [0.4, 0.5) is 0 Å². The first kappa shape index (κ1) is 36.2. The maximum absolute atomic E-state index is 10.8. The first-order valence-electron chi connectivity index (χ1n) is 10.6. The number of aromatic carboxylic acids is 2. The van der Waals surface area contributed by atoms with Crippen molar-refractivity contribution in [2.24, 2.45) is 0 Å². The van der Waals surface area contributed by atoms with Crippen molar-refractivity contribution in [3.8, 4) is 28.5 Å². The van der Waals surface area contributed by atoms with Crippen LogP contribution >= 0.6 is 24.4 Å². The standard InChI is InChI=1S/C12H8N2O4.C12H10N2O2.2CNS.Ru/c15-7-18-9-2-4-14-11(6-9)10-5-8(12(16)17)1-3-13-10;1-8-2-4-13-10(6-8)11-7-9(12(15)16)3-5-14-11;2*2-1-3;/h1-7H,(H,16,17);2-7H,1H3,(H,15,16);;;/q;;2*-1;+2. The summed E-state index contributed by atoms with van der Waals surface area (Å²) >= 11 is 7.40. The Hall–Kier alpha value is -4.77. The van der Waals surface area contributed by atoms with Gasteiger partial charge in [0, 0.05) is 30.9 Å². The molecule has 0 aromatic carbocycles. The summed E-state index contributed by atoms with van der Waals surface area (Å²) in [5.74, 6) is -1.69. The van der Waals surface area contributed by atoms with Crippen LogP contribution in [0.15, 0.2) is 73.3 Å². The molecule has 0 unspecified atom stereocenters. The summed E-state index contributed by atoms with van der Waals surface area (Å²) in [4.78, 5) is 48.2. The Labute approximate surface area is 257 Å². The van der Waals surface area contributed by atoms with E-state index in [1.165, 1.54) is 65.3 Å². The molecule has 0 aliphatic carbocycles. The number of rotatable bonds is 6. The van der Waals surface area contributed by atoms with Crippen molar-refractivity contribution in [3.63, 3.8) is 0 Å². The van der Waals surface area contributed by atoms with E-state index in [2.05, 4.69) is 49.1 Å². The number of ether oxygens (including phenoxy) is 1. The molecule has 4 aromatic heterocycles. The number of carbonyl (C=O) groups excluding carboxylic acids is 1. The van der Waals surface area contributed by atoms with Crippen LogP contribution in [0.1, 0.15) is 26.3 Å². The van der Waals surface area contributed by atoms with E-state index in [0.717, 1.165) is 5.56 Å². The van der Waals surface area contributed by atoms with Gasteiger partial charge in [0.1, 0.15) is 5.75 Å². The number of thiocarbonyl (C=S) groups is 2. The Morgan fingerprint density at radius 2 is 1.12 bits per heavy atom. The quantitative estimate of drug-likeness (QED) is 0.122. The maximum Gasteiger partial charge on any atom is 2.00 e. The minimum absolute atomic E-state index is 0. The zero-order valence-corrected chi connectivity index (χ0v) is 24.3. The number of carboxylic acid groups (broad SMARTS) is 2. The molecule has 2 N–H and O–H groups in total. The molecule has 41 heavy (non-hydrogen) atoms. The number of aromatic nitrogens is 4. The molecule has 0 saturated heterocycles. The second-order valence-corrected chi connectivity index (χ2v) is 7.33. The molecule has 0 saturated carbocycles. The number of aryl methyl sites for hydroxylation is 1. The molecular formula is C26H18N6O6RuS2. The maximum atomic E-state index is 10.8. The van der Waals surface area contributed by atoms with Crippen LogP contribution in [0.3, 0.4) is 0 Å². The van der Waals surface area contributed by atoms with Crippen LogP contribution in [-0.4, -0.2) is 58.9 Å². The third-order valence-electron chi connectivity index (χ3n) is 4.37. The van der Waals surface area contributed by atoms with Gasteiger partial charge in [0.2, 0.25) is 0 Å². The topological polar surface area (TPSA) is 197 Å². The molecule has 0 radical (unpaired) electrons.